The second kappa shape index (κ2) is 6.32. The van der Waals surface area contributed by atoms with Crippen molar-refractivity contribution in [3.8, 4) is 5.75 Å². The number of halogens is 3. The van der Waals surface area contributed by atoms with Crippen LogP contribution in [0.5, 0.6) is 5.75 Å². The van der Waals surface area contributed by atoms with Gasteiger partial charge in [0.2, 0.25) is 6.23 Å². The first kappa shape index (κ1) is 16.7. The molecule has 3 nitrogen and oxygen atoms in total. The third-order valence-electron chi connectivity index (χ3n) is 4.79. The van der Waals surface area contributed by atoms with Gasteiger partial charge in [0.25, 0.3) is 0 Å². The molecule has 3 heterocycles. The van der Waals surface area contributed by atoms with Crippen LogP contribution in [0.4, 0.5) is 8.78 Å². The molecule has 2 aromatic carbocycles. The summed E-state index contributed by atoms with van der Waals surface area (Å²) in [4.78, 5) is 1.08. The molecule has 0 amide bonds. The summed E-state index contributed by atoms with van der Waals surface area (Å²) in [7, 11) is 0. The minimum atomic E-state index is -0.906. The number of ether oxygens (including phenoxy) is 1. The van der Waals surface area contributed by atoms with Gasteiger partial charge < -0.3 is 4.74 Å². The standard InChI is InChI=1S/C20H13ClF2N2OS/c21-12-4-6-18-13(9-12)17-10-16(19-2-1-7-27-19)24-25(17)20(26-18)11-3-5-14(22)15(23)8-11/h1-9,17,20H,10H2/t17-,20+/m0/s1. The van der Waals surface area contributed by atoms with Crippen LogP contribution in [0.25, 0.3) is 0 Å². The van der Waals surface area contributed by atoms with Crippen molar-refractivity contribution in [1.29, 1.82) is 0 Å². The molecule has 0 N–H and O–H groups in total. The summed E-state index contributed by atoms with van der Waals surface area (Å²) in [5.41, 5.74) is 2.39. The summed E-state index contributed by atoms with van der Waals surface area (Å²) >= 11 is 7.81. The second-order valence-corrected chi connectivity index (χ2v) is 7.83. The lowest BCUT2D eigenvalue weighted by molar-refractivity contribution is -0.0192. The van der Waals surface area contributed by atoms with Crippen molar-refractivity contribution < 1.29 is 13.5 Å². The van der Waals surface area contributed by atoms with E-state index in [4.69, 9.17) is 21.4 Å². The van der Waals surface area contributed by atoms with Crippen LogP contribution in [-0.4, -0.2) is 10.7 Å². The zero-order chi connectivity index (χ0) is 18.5. The molecule has 1 aromatic heterocycles. The lowest BCUT2D eigenvalue weighted by atomic mass is 9.97. The molecule has 0 aliphatic carbocycles. The van der Waals surface area contributed by atoms with Crippen molar-refractivity contribution in [2.75, 3.05) is 0 Å². The highest BCUT2D eigenvalue weighted by Gasteiger charge is 2.41. The number of hydrogen-bond acceptors (Lipinski definition) is 4. The van der Waals surface area contributed by atoms with Crippen molar-refractivity contribution >= 4 is 28.6 Å². The molecule has 0 radical (unpaired) electrons. The maximum atomic E-state index is 13.8. The Morgan fingerprint density at radius 2 is 2.00 bits per heavy atom. The highest BCUT2D eigenvalue weighted by atomic mass is 35.5. The average Bonchev–Trinajstić information content (AvgIpc) is 3.33. The van der Waals surface area contributed by atoms with Gasteiger partial charge in [0.05, 0.1) is 16.6 Å². The van der Waals surface area contributed by atoms with E-state index in [1.54, 1.807) is 17.4 Å². The van der Waals surface area contributed by atoms with E-state index in [0.717, 1.165) is 28.3 Å². The number of thiophene rings is 1. The second-order valence-electron chi connectivity index (χ2n) is 6.45. The van der Waals surface area contributed by atoms with Crippen molar-refractivity contribution in [1.82, 2.24) is 5.01 Å². The van der Waals surface area contributed by atoms with Crippen molar-refractivity contribution in [2.24, 2.45) is 5.10 Å². The smallest absolute Gasteiger partial charge is 0.213 e. The van der Waals surface area contributed by atoms with Gasteiger partial charge in [-0.3, -0.25) is 0 Å². The Kier molecular flexibility index (Phi) is 3.91. The van der Waals surface area contributed by atoms with Crippen LogP contribution in [0.3, 0.4) is 0 Å². The van der Waals surface area contributed by atoms with E-state index in [9.17, 15) is 8.78 Å². The first-order valence-electron chi connectivity index (χ1n) is 8.41. The maximum absolute atomic E-state index is 13.8. The van der Waals surface area contributed by atoms with Gasteiger partial charge in [-0.2, -0.15) is 5.10 Å². The molecular formula is C20H13ClF2N2OS. The van der Waals surface area contributed by atoms with Crippen LogP contribution in [-0.2, 0) is 0 Å². The minimum Gasteiger partial charge on any atom is -0.464 e. The predicted molar refractivity (Wildman–Crippen MR) is 101 cm³/mol. The fourth-order valence-electron chi connectivity index (χ4n) is 3.54. The van der Waals surface area contributed by atoms with E-state index in [1.807, 2.05) is 34.7 Å². The van der Waals surface area contributed by atoms with E-state index in [0.29, 0.717) is 22.8 Å². The summed E-state index contributed by atoms with van der Waals surface area (Å²) in [6.45, 7) is 0. The van der Waals surface area contributed by atoms with E-state index >= 15 is 0 Å². The molecule has 0 saturated carbocycles. The van der Waals surface area contributed by atoms with Crippen LogP contribution < -0.4 is 4.74 Å². The zero-order valence-corrected chi connectivity index (χ0v) is 15.5. The molecular weight excluding hydrogens is 390 g/mol. The van der Waals surface area contributed by atoms with Crippen molar-refractivity contribution in [3.05, 3.63) is 86.6 Å². The molecule has 2 aliphatic rings. The SMILES string of the molecule is Fc1ccc([C@H]2Oc3ccc(Cl)cc3[C@@H]3CC(c4cccs4)=NN23)cc1F. The minimum absolute atomic E-state index is 0.0809. The first-order chi connectivity index (χ1) is 13.1. The van der Waals surface area contributed by atoms with Crippen molar-refractivity contribution in [2.45, 2.75) is 18.7 Å². The number of rotatable bonds is 2. The normalized spacial score (nSPS) is 20.7. The molecule has 2 aliphatic heterocycles. The molecule has 27 heavy (non-hydrogen) atoms. The zero-order valence-electron chi connectivity index (χ0n) is 13.9. The Balaban J connectivity index is 1.62. The van der Waals surface area contributed by atoms with E-state index in [-0.39, 0.29) is 6.04 Å². The fourth-order valence-corrected chi connectivity index (χ4v) is 4.44. The molecule has 0 spiro atoms. The van der Waals surface area contributed by atoms with Gasteiger partial charge in [0.15, 0.2) is 11.6 Å². The third kappa shape index (κ3) is 2.80. The Morgan fingerprint density at radius 3 is 2.78 bits per heavy atom. The highest BCUT2D eigenvalue weighted by Crippen LogP contribution is 2.48. The number of nitrogens with zero attached hydrogens (tertiary/aromatic N) is 2. The average molecular weight is 403 g/mol. The van der Waals surface area contributed by atoms with Gasteiger partial charge in [-0.1, -0.05) is 23.7 Å². The predicted octanol–water partition coefficient (Wildman–Crippen LogP) is 5.92. The van der Waals surface area contributed by atoms with Crippen LogP contribution in [0.1, 0.15) is 34.7 Å². The first-order valence-corrected chi connectivity index (χ1v) is 9.66. The summed E-state index contributed by atoms with van der Waals surface area (Å²) in [5, 5.41) is 9.21. The monoisotopic (exact) mass is 402 g/mol. The lowest BCUT2D eigenvalue weighted by Gasteiger charge is -2.38. The molecule has 0 unspecified atom stereocenters. The number of benzene rings is 2. The number of hydrazone groups is 1. The summed E-state index contributed by atoms with van der Waals surface area (Å²) in [6, 6.07) is 13.2. The topological polar surface area (TPSA) is 24.8 Å². The molecule has 5 rings (SSSR count). The van der Waals surface area contributed by atoms with Crippen molar-refractivity contribution in [3.63, 3.8) is 0 Å². The van der Waals surface area contributed by atoms with Gasteiger partial charge in [-0.05, 0) is 41.8 Å². The largest absolute Gasteiger partial charge is 0.464 e. The van der Waals surface area contributed by atoms with Gasteiger partial charge >= 0.3 is 0 Å². The lowest BCUT2D eigenvalue weighted by Crippen LogP contribution is -2.33. The maximum Gasteiger partial charge on any atom is 0.213 e. The Bertz CT molecular complexity index is 1050. The van der Waals surface area contributed by atoms with Crippen LogP contribution in [0.2, 0.25) is 5.02 Å². The molecule has 2 atom stereocenters. The van der Waals surface area contributed by atoms with Gasteiger partial charge in [-0.25, -0.2) is 13.8 Å². The highest BCUT2D eigenvalue weighted by molar-refractivity contribution is 7.12. The quantitative estimate of drug-likeness (QED) is 0.531. The van der Waals surface area contributed by atoms with Crippen LogP contribution >= 0.6 is 22.9 Å². The summed E-state index contributed by atoms with van der Waals surface area (Å²) in [5.74, 6) is -1.11. The summed E-state index contributed by atoms with van der Waals surface area (Å²) < 4.78 is 33.3. The fraction of sp³-hybridized carbons (Fsp3) is 0.150. The van der Waals surface area contributed by atoms with E-state index in [1.165, 1.54) is 6.07 Å². The Hall–Kier alpha value is -2.44. The van der Waals surface area contributed by atoms with Gasteiger partial charge in [0, 0.05) is 22.6 Å². The molecule has 7 heteroatoms. The van der Waals surface area contributed by atoms with Gasteiger partial charge in [-0.15, -0.1) is 11.3 Å². The Labute approximate surface area is 163 Å². The molecule has 0 saturated heterocycles. The van der Waals surface area contributed by atoms with Gasteiger partial charge in [0.1, 0.15) is 5.75 Å². The van der Waals surface area contributed by atoms with Crippen LogP contribution in [0.15, 0.2) is 59.0 Å². The molecule has 0 fully saturated rings. The molecule has 3 aromatic rings. The third-order valence-corrected chi connectivity index (χ3v) is 5.94. The Morgan fingerprint density at radius 1 is 1.11 bits per heavy atom. The number of fused-ring (bicyclic) bond motifs is 3. The van der Waals surface area contributed by atoms with Crippen LogP contribution in [0, 0.1) is 11.6 Å². The summed E-state index contributed by atoms with van der Waals surface area (Å²) in [6.07, 6.45) is 0.0495. The number of hydrogen-bond donors (Lipinski definition) is 0. The molecule has 136 valence electrons. The van der Waals surface area contributed by atoms with E-state index in [2.05, 4.69) is 0 Å². The van der Waals surface area contributed by atoms with E-state index < -0.39 is 17.9 Å². The molecule has 0 bridgehead atoms.